The summed E-state index contributed by atoms with van der Waals surface area (Å²) in [4.78, 5) is 25.1. The fraction of sp³-hybridized carbons (Fsp3) is 0.412. The summed E-state index contributed by atoms with van der Waals surface area (Å²) in [5.74, 6) is 0.530. The van der Waals surface area contributed by atoms with E-state index in [9.17, 15) is 9.59 Å². The average Bonchev–Trinajstić information content (AvgIpc) is 2.95. The number of benzene rings is 1. The predicted molar refractivity (Wildman–Crippen MR) is 82.5 cm³/mol. The molecule has 5 heteroatoms. The Labute approximate surface area is 129 Å². The van der Waals surface area contributed by atoms with Gasteiger partial charge in [-0.15, -0.1) is 0 Å². The summed E-state index contributed by atoms with van der Waals surface area (Å²) in [6.45, 7) is 4.64. The monoisotopic (exact) mass is 300 g/mol. The summed E-state index contributed by atoms with van der Waals surface area (Å²) < 4.78 is 6.21. The molecule has 1 fully saturated rings. The minimum Gasteiger partial charge on any atom is -0.485 e. The molecule has 3 rings (SSSR count). The lowest BCUT2D eigenvalue weighted by atomic mass is 9.90. The highest BCUT2D eigenvalue weighted by atomic mass is 16.5. The molecule has 1 N–H and O–H groups in total. The van der Waals surface area contributed by atoms with Crippen molar-refractivity contribution in [3.8, 4) is 5.75 Å². The first-order valence-electron chi connectivity index (χ1n) is 7.57. The normalized spacial score (nSPS) is 22.8. The molecule has 1 atom stereocenters. The van der Waals surface area contributed by atoms with Crippen molar-refractivity contribution in [2.45, 2.75) is 24.9 Å². The van der Waals surface area contributed by atoms with Crippen LogP contribution in [0.25, 0.3) is 0 Å². The molecule has 1 saturated heterocycles. The molecular formula is C17H20N2O3. The minimum absolute atomic E-state index is 0.0114. The van der Waals surface area contributed by atoms with E-state index in [0.29, 0.717) is 13.1 Å². The fourth-order valence-corrected chi connectivity index (χ4v) is 3.15. The van der Waals surface area contributed by atoms with Crippen molar-refractivity contribution in [3.63, 3.8) is 0 Å². The summed E-state index contributed by atoms with van der Waals surface area (Å²) in [5, 5.41) is 2.53. The zero-order chi connectivity index (χ0) is 15.6. The molecule has 5 nitrogen and oxygen atoms in total. The van der Waals surface area contributed by atoms with Crippen LogP contribution in [0.1, 0.15) is 18.4 Å². The number of aryl methyl sites for hydroxylation is 1. The Morgan fingerprint density at radius 3 is 3.00 bits per heavy atom. The summed E-state index contributed by atoms with van der Waals surface area (Å²) in [6, 6.07) is 8.07. The van der Waals surface area contributed by atoms with Gasteiger partial charge in [-0.3, -0.25) is 9.59 Å². The molecule has 2 amide bonds. The first-order chi connectivity index (χ1) is 10.6. The number of amides is 2. The molecule has 1 aromatic carbocycles. The van der Waals surface area contributed by atoms with E-state index in [1.54, 1.807) is 4.90 Å². The highest BCUT2D eigenvalue weighted by Gasteiger charge is 2.43. The number of likely N-dealkylation sites (tertiary alicyclic amines) is 1. The molecule has 1 spiro atoms. The molecule has 0 saturated carbocycles. The Bertz CT molecular complexity index is 614. The first-order valence-corrected chi connectivity index (χ1v) is 7.57. The Hall–Kier alpha value is -2.30. The van der Waals surface area contributed by atoms with Crippen LogP contribution in [0.4, 0.5) is 0 Å². The number of nitrogens with one attached hydrogen (secondary N) is 1. The highest BCUT2D eigenvalue weighted by Crippen LogP contribution is 2.38. The SMILES string of the molecule is C=CC(=O)NCC(=O)N1CCC2(CCc3ccccc3O2)C1. The molecule has 2 aliphatic heterocycles. The van der Waals surface area contributed by atoms with Gasteiger partial charge in [0.05, 0.1) is 13.1 Å². The van der Waals surface area contributed by atoms with Crippen LogP contribution in [0.5, 0.6) is 5.75 Å². The third-order valence-electron chi connectivity index (χ3n) is 4.42. The van der Waals surface area contributed by atoms with Gasteiger partial charge in [0.2, 0.25) is 11.8 Å². The van der Waals surface area contributed by atoms with Gasteiger partial charge in [-0.1, -0.05) is 24.8 Å². The molecule has 22 heavy (non-hydrogen) atoms. The highest BCUT2D eigenvalue weighted by molar-refractivity contribution is 5.90. The number of carbonyl (C=O) groups excluding carboxylic acids is 2. The summed E-state index contributed by atoms with van der Waals surface area (Å²) in [6.07, 6.45) is 3.90. The smallest absolute Gasteiger partial charge is 0.243 e. The first kappa shape index (κ1) is 14.6. The van der Waals surface area contributed by atoms with Gasteiger partial charge in [0, 0.05) is 13.0 Å². The molecule has 0 aliphatic carbocycles. The second-order valence-electron chi connectivity index (χ2n) is 5.88. The number of rotatable bonds is 3. The lowest BCUT2D eigenvalue weighted by Gasteiger charge is -2.35. The van der Waals surface area contributed by atoms with E-state index in [1.165, 1.54) is 11.6 Å². The Balaban J connectivity index is 1.62. The summed E-state index contributed by atoms with van der Waals surface area (Å²) in [5.41, 5.74) is 0.961. The standard InChI is InChI=1S/C17H20N2O3/c1-2-15(20)18-11-16(21)19-10-9-17(12-19)8-7-13-5-3-4-6-14(13)22-17/h2-6H,1,7-12H2,(H,18,20). The van der Waals surface area contributed by atoms with Crippen molar-refractivity contribution in [3.05, 3.63) is 42.5 Å². The second kappa shape index (κ2) is 5.83. The molecule has 2 aliphatic rings. The zero-order valence-corrected chi connectivity index (χ0v) is 12.5. The Kier molecular flexibility index (Phi) is 3.88. The summed E-state index contributed by atoms with van der Waals surface area (Å²) >= 11 is 0. The lowest BCUT2D eigenvalue weighted by Crippen LogP contribution is -2.45. The van der Waals surface area contributed by atoms with Gasteiger partial charge in [0.15, 0.2) is 0 Å². The number of hydrogen-bond acceptors (Lipinski definition) is 3. The van der Waals surface area contributed by atoms with Crippen LogP contribution < -0.4 is 10.1 Å². The van der Waals surface area contributed by atoms with E-state index >= 15 is 0 Å². The number of para-hydroxylation sites is 1. The maximum atomic E-state index is 12.2. The molecule has 1 aromatic rings. The van der Waals surface area contributed by atoms with Gasteiger partial charge in [-0.2, -0.15) is 0 Å². The number of hydrogen-bond donors (Lipinski definition) is 1. The molecule has 1 unspecified atom stereocenters. The largest absolute Gasteiger partial charge is 0.485 e. The molecule has 0 radical (unpaired) electrons. The lowest BCUT2D eigenvalue weighted by molar-refractivity contribution is -0.131. The van der Waals surface area contributed by atoms with Gasteiger partial charge in [0.1, 0.15) is 11.4 Å². The van der Waals surface area contributed by atoms with Crippen molar-refractivity contribution in [2.24, 2.45) is 0 Å². The zero-order valence-electron chi connectivity index (χ0n) is 12.5. The second-order valence-corrected chi connectivity index (χ2v) is 5.88. The number of carbonyl (C=O) groups is 2. The van der Waals surface area contributed by atoms with Crippen LogP contribution in [0.2, 0.25) is 0 Å². The molecule has 0 aromatic heterocycles. The fourth-order valence-electron chi connectivity index (χ4n) is 3.15. The van der Waals surface area contributed by atoms with Gasteiger partial charge < -0.3 is 15.0 Å². The quantitative estimate of drug-likeness (QED) is 0.856. The van der Waals surface area contributed by atoms with Crippen molar-refractivity contribution in [1.29, 1.82) is 0 Å². The van der Waals surface area contributed by atoms with E-state index in [4.69, 9.17) is 4.74 Å². The number of nitrogens with zero attached hydrogens (tertiary/aromatic N) is 1. The summed E-state index contributed by atoms with van der Waals surface area (Å²) in [7, 11) is 0. The van der Waals surface area contributed by atoms with Crippen molar-refractivity contribution in [1.82, 2.24) is 10.2 Å². The van der Waals surface area contributed by atoms with Gasteiger partial charge in [-0.25, -0.2) is 0 Å². The number of ether oxygens (including phenoxy) is 1. The third-order valence-corrected chi connectivity index (χ3v) is 4.42. The van der Waals surface area contributed by atoms with Crippen molar-refractivity contribution in [2.75, 3.05) is 19.6 Å². The van der Waals surface area contributed by atoms with Crippen molar-refractivity contribution >= 4 is 11.8 Å². The van der Waals surface area contributed by atoms with Crippen molar-refractivity contribution < 1.29 is 14.3 Å². The van der Waals surface area contributed by atoms with Crippen LogP contribution in [-0.2, 0) is 16.0 Å². The van der Waals surface area contributed by atoms with Gasteiger partial charge in [0.25, 0.3) is 0 Å². The van der Waals surface area contributed by atoms with Crippen LogP contribution in [0.15, 0.2) is 36.9 Å². The van der Waals surface area contributed by atoms with E-state index in [2.05, 4.69) is 18.0 Å². The van der Waals surface area contributed by atoms with E-state index in [0.717, 1.165) is 25.0 Å². The Morgan fingerprint density at radius 2 is 2.18 bits per heavy atom. The van der Waals surface area contributed by atoms with E-state index in [1.807, 2.05) is 18.2 Å². The molecular weight excluding hydrogens is 280 g/mol. The average molecular weight is 300 g/mol. The third kappa shape index (κ3) is 2.84. The molecule has 0 bridgehead atoms. The maximum absolute atomic E-state index is 12.2. The number of fused-ring (bicyclic) bond motifs is 1. The van der Waals surface area contributed by atoms with E-state index < -0.39 is 0 Å². The van der Waals surface area contributed by atoms with Crippen LogP contribution in [-0.4, -0.2) is 41.9 Å². The van der Waals surface area contributed by atoms with E-state index in [-0.39, 0.29) is 24.0 Å². The van der Waals surface area contributed by atoms with Crippen LogP contribution in [0, 0.1) is 0 Å². The molecule has 2 heterocycles. The topological polar surface area (TPSA) is 58.6 Å². The Morgan fingerprint density at radius 1 is 1.36 bits per heavy atom. The van der Waals surface area contributed by atoms with Gasteiger partial charge in [-0.05, 0) is 30.5 Å². The maximum Gasteiger partial charge on any atom is 0.243 e. The van der Waals surface area contributed by atoms with Crippen LogP contribution in [0.3, 0.4) is 0 Å². The van der Waals surface area contributed by atoms with Crippen LogP contribution >= 0.6 is 0 Å². The van der Waals surface area contributed by atoms with Gasteiger partial charge >= 0.3 is 0 Å². The predicted octanol–water partition coefficient (Wildman–Crippen LogP) is 1.28. The molecule has 116 valence electrons. The minimum atomic E-state index is -0.329.